The quantitative estimate of drug-likeness (QED) is 0.878. The van der Waals surface area contributed by atoms with Crippen molar-refractivity contribution in [1.82, 2.24) is 5.32 Å². The Morgan fingerprint density at radius 1 is 1.53 bits per heavy atom. The van der Waals surface area contributed by atoms with Crippen LogP contribution in [0.25, 0.3) is 0 Å². The maximum Gasteiger partial charge on any atom is 0.125 e. The summed E-state index contributed by atoms with van der Waals surface area (Å²) in [4.78, 5) is 0. The Morgan fingerprint density at radius 3 is 2.94 bits per heavy atom. The van der Waals surface area contributed by atoms with Crippen LogP contribution in [0.15, 0.2) is 18.2 Å². The average Bonchev–Trinajstić information content (AvgIpc) is 2.38. The van der Waals surface area contributed by atoms with Crippen LogP contribution in [0.4, 0.5) is 4.39 Å². The van der Waals surface area contributed by atoms with Crippen molar-refractivity contribution in [3.8, 4) is 5.75 Å². The van der Waals surface area contributed by atoms with Crippen molar-refractivity contribution in [3.05, 3.63) is 29.3 Å². The highest BCUT2D eigenvalue weighted by Crippen LogP contribution is 2.35. The van der Waals surface area contributed by atoms with Crippen molar-refractivity contribution in [1.29, 1.82) is 0 Å². The number of rotatable bonds is 3. The molecule has 1 aliphatic rings. The number of halogens is 1. The van der Waals surface area contributed by atoms with E-state index < -0.39 is 6.17 Å². The standard InChI is InChI=1S/C13H18FNO2/c1-9(14)10-4-3-5-11(16-2)13(10)12-8-15-6-7-17-12/h3-5,9,12,15H,6-8H2,1-2H3. The molecule has 1 aromatic carbocycles. The lowest BCUT2D eigenvalue weighted by molar-refractivity contribution is 0.0250. The van der Waals surface area contributed by atoms with Gasteiger partial charge in [0.15, 0.2) is 0 Å². The van der Waals surface area contributed by atoms with Crippen LogP contribution < -0.4 is 10.1 Å². The van der Waals surface area contributed by atoms with Gasteiger partial charge in [0.1, 0.15) is 11.9 Å². The molecular weight excluding hydrogens is 221 g/mol. The van der Waals surface area contributed by atoms with Gasteiger partial charge in [0.25, 0.3) is 0 Å². The molecule has 1 fully saturated rings. The van der Waals surface area contributed by atoms with E-state index >= 15 is 0 Å². The third-order valence-electron chi connectivity index (χ3n) is 3.00. The minimum Gasteiger partial charge on any atom is -0.496 e. The predicted molar refractivity (Wildman–Crippen MR) is 64.1 cm³/mol. The van der Waals surface area contributed by atoms with Crippen molar-refractivity contribution in [2.24, 2.45) is 0 Å². The largest absolute Gasteiger partial charge is 0.496 e. The van der Waals surface area contributed by atoms with Gasteiger partial charge in [0, 0.05) is 18.7 Å². The maximum atomic E-state index is 13.6. The van der Waals surface area contributed by atoms with Crippen LogP contribution >= 0.6 is 0 Å². The molecule has 17 heavy (non-hydrogen) atoms. The van der Waals surface area contributed by atoms with Crippen LogP contribution in [-0.4, -0.2) is 26.8 Å². The SMILES string of the molecule is COc1cccc(C(C)F)c1C1CNCCO1. The van der Waals surface area contributed by atoms with Crippen molar-refractivity contribution < 1.29 is 13.9 Å². The number of nitrogens with one attached hydrogen (secondary N) is 1. The summed E-state index contributed by atoms with van der Waals surface area (Å²) in [7, 11) is 1.60. The summed E-state index contributed by atoms with van der Waals surface area (Å²) in [6.07, 6.45) is -1.15. The van der Waals surface area contributed by atoms with Crippen LogP contribution in [0.5, 0.6) is 5.75 Å². The van der Waals surface area contributed by atoms with E-state index in [4.69, 9.17) is 9.47 Å². The number of hydrogen-bond donors (Lipinski definition) is 1. The van der Waals surface area contributed by atoms with Crippen LogP contribution in [-0.2, 0) is 4.74 Å². The van der Waals surface area contributed by atoms with Gasteiger partial charge in [0.05, 0.1) is 19.8 Å². The third kappa shape index (κ3) is 2.58. The molecule has 3 nitrogen and oxygen atoms in total. The van der Waals surface area contributed by atoms with Gasteiger partial charge in [-0.15, -0.1) is 0 Å². The van der Waals surface area contributed by atoms with E-state index in [1.165, 1.54) is 6.92 Å². The first-order valence-electron chi connectivity index (χ1n) is 5.87. The summed E-state index contributed by atoms with van der Waals surface area (Å²) in [6.45, 7) is 3.71. The molecule has 1 saturated heterocycles. The van der Waals surface area contributed by atoms with Crippen molar-refractivity contribution in [2.75, 3.05) is 26.8 Å². The van der Waals surface area contributed by atoms with E-state index in [0.29, 0.717) is 24.5 Å². The van der Waals surface area contributed by atoms with Crippen LogP contribution in [0.3, 0.4) is 0 Å². The molecule has 0 spiro atoms. The summed E-state index contributed by atoms with van der Waals surface area (Å²) in [5, 5.41) is 3.25. The summed E-state index contributed by atoms with van der Waals surface area (Å²) in [5.41, 5.74) is 1.48. The van der Waals surface area contributed by atoms with Crippen LogP contribution in [0, 0.1) is 0 Å². The Morgan fingerprint density at radius 2 is 2.35 bits per heavy atom. The first-order valence-corrected chi connectivity index (χ1v) is 5.87. The first kappa shape index (κ1) is 12.3. The lowest BCUT2D eigenvalue weighted by Gasteiger charge is -2.27. The van der Waals surface area contributed by atoms with E-state index in [9.17, 15) is 4.39 Å². The lowest BCUT2D eigenvalue weighted by atomic mass is 9.97. The van der Waals surface area contributed by atoms with E-state index in [-0.39, 0.29) is 6.10 Å². The van der Waals surface area contributed by atoms with Gasteiger partial charge in [-0.1, -0.05) is 12.1 Å². The molecule has 1 N–H and O–H groups in total. The number of morpholine rings is 1. The monoisotopic (exact) mass is 239 g/mol. The normalized spacial score (nSPS) is 22.2. The molecule has 1 aliphatic heterocycles. The fourth-order valence-corrected chi connectivity index (χ4v) is 2.18. The van der Waals surface area contributed by atoms with Crippen LogP contribution in [0.2, 0.25) is 0 Å². The molecule has 2 rings (SSSR count). The molecule has 0 amide bonds. The second kappa shape index (κ2) is 5.47. The number of methoxy groups -OCH3 is 1. The summed E-state index contributed by atoms with van der Waals surface area (Å²) < 4.78 is 24.6. The zero-order valence-electron chi connectivity index (χ0n) is 10.2. The minimum absolute atomic E-state index is 0.131. The predicted octanol–water partition coefficient (Wildman–Crippen LogP) is 2.39. The topological polar surface area (TPSA) is 30.5 Å². The number of benzene rings is 1. The molecule has 0 aromatic heterocycles. The third-order valence-corrected chi connectivity index (χ3v) is 3.00. The average molecular weight is 239 g/mol. The highest BCUT2D eigenvalue weighted by Gasteiger charge is 2.24. The summed E-state index contributed by atoms with van der Waals surface area (Å²) in [5.74, 6) is 0.695. The van der Waals surface area contributed by atoms with Gasteiger partial charge in [-0.2, -0.15) is 0 Å². The molecule has 0 bridgehead atoms. The smallest absolute Gasteiger partial charge is 0.125 e. The highest BCUT2D eigenvalue weighted by atomic mass is 19.1. The van der Waals surface area contributed by atoms with E-state index in [2.05, 4.69) is 5.32 Å². The fourth-order valence-electron chi connectivity index (χ4n) is 2.18. The van der Waals surface area contributed by atoms with Crippen molar-refractivity contribution in [3.63, 3.8) is 0 Å². The van der Waals surface area contributed by atoms with Crippen LogP contribution in [0.1, 0.15) is 30.3 Å². The fraction of sp³-hybridized carbons (Fsp3) is 0.538. The summed E-state index contributed by atoms with van der Waals surface area (Å²) >= 11 is 0. The summed E-state index contributed by atoms with van der Waals surface area (Å²) in [6, 6.07) is 5.45. The van der Waals surface area contributed by atoms with E-state index in [1.807, 2.05) is 12.1 Å². The van der Waals surface area contributed by atoms with Crippen molar-refractivity contribution >= 4 is 0 Å². The Kier molecular flexibility index (Phi) is 3.97. The molecule has 0 aliphatic carbocycles. The molecule has 1 heterocycles. The highest BCUT2D eigenvalue weighted by molar-refractivity contribution is 5.43. The minimum atomic E-state index is -1.02. The van der Waals surface area contributed by atoms with Crippen molar-refractivity contribution in [2.45, 2.75) is 19.2 Å². The Bertz CT molecular complexity index is 376. The van der Waals surface area contributed by atoms with E-state index in [0.717, 1.165) is 12.1 Å². The maximum absolute atomic E-state index is 13.6. The van der Waals surface area contributed by atoms with Gasteiger partial charge >= 0.3 is 0 Å². The second-order valence-electron chi connectivity index (χ2n) is 4.14. The first-order chi connectivity index (χ1) is 8.24. The zero-order valence-corrected chi connectivity index (χ0v) is 10.2. The molecule has 2 atom stereocenters. The Hall–Kier alpha value is -1.13. The molecular formula is C13H18FNO2. The Balaban J connectivity index is 2.40. The van der Waals surface area contributed by atoms with Gasteiger partial charge < -0.3 is 14.8 Å². The van der Waals surface area contributed by atoms with E-state index in [1.54, 1.807) is 13.2 Å². The molecule has 1 aromatic rings. The number of hydrogen-bond acceptors (Lipinski definition) is 3. The molecule has 4 heteroatoms. The molecule has 0 radical (unpaired) electrons. The molecule has 94 valence electrons. The van der Waals surface area contributed by atoms with Gasteiger partial charge in [-0.05, 0) is 18.6 Å². The second-order valence-corrected chi connectivity index (χ2v) is 4.14. The van der Waals surface area contributed by atoms with Gasteiger partial charge in [0.2, 0.25) is 0 Å². The number of ether oxygens (including phenoxy) is 2. The molecule has 0 saturated carbocycles. The number of alkyl halides is 1. The Labute approximate surface area is 101 Å². The lowest BCUT2D eigenvalue weighted by Crippen LogP contribution is -2.34. The van der Waals surface area contributed by atoms with Gasteiger partial charge in [-0.3, -0.25) is 0 Å². The molecule has 2 unspecified atom stereocenters. The zero-order chi connectivity index (χ0) is 12.3. The van der Waals surface area contributed by atoms with Gasteiger partial charge in [-0.25, -0.2) is 4.39 Å².